The highest BCUT2D eigenvalue weighted by atomic mass is 16.2. The van der Waals surface area contributed by atoms with E-state index in [1.54, 1.807) is 42.5 Å². The first-order chi connectivity index (χ1) is 13.0. The number of carbonyl (C=O) groups excluding carboxylic acids is 3. The maximum Gasteiger partial charge on any atom is 0.255 e. The van der Waals surface area contributed by atoms with E-state index in [2.05, 4.69) is 16.0 Å². The van der Waals surface area contributed by atoms with Crippen molar-refractivity contribution in [1.29, 1.82) is 0 Å². The largest absolute Gasteiger partial charge is 0.354 e. The molecule has 6 nitrogen and oxygen atoms in total. The molecule has 1 aliphatic rings. The van der Waals surface area contributed by atoms with Crippen molar-refractivity contribution in [1.82, 2.24) is 10.6 Å². The molecule has 27 heavy (non-hydrogen) atoms. The molecule has 0 radical (unpaired) electrons. The summed E-state index contributed by atoms with van der Waals surface area (Å²) in [6.45, 7) is 2.51. The van der Waals surface area contributed by atoms with Crippen LogP contribution >= 0.6 is 0 Å². The van der Waals surface area contributed by atoms with Gasteiger partial charge in [-0.15, -0.1) is 0 Å². The van der Waals surface area contributed by atoms with Crippen molar-refractivity contribution in [2.45, 2.75) is 32.2 Å². The zero-order chi connectivity index (χ0) is 19.2. The number of benzene rings is 2. The van der Waals surface area contributed by atoms with Gasteiger partial charge in [0.25, 0.3) is 11.8 Å². The Kier molecular flexibility index (Phi) is 5.86. The fourth-order valence-electron chi connectivity index (χ4n) is 3.00. The van der Waals surface area contributed by atoms with Crippen molar-refractivity contribution in [2.24, 2.45) is 0 Å². The van der Waals surface area contributed by atoms with E-state index in [9.17, 15) is 14.4 Å². The number of carbonyl (C=O) groups is 3. The summed E-state index contributed by atoms with van der Waals surface area (Å²) >= 11 is 0. The predicted octanol–water partition coefficient (Wildman–Crippen LogP) is 2.65. The van der Waals surface area contributed by atoms with E-state index in [0.717, 1.165) is 18.4 Å². The van der Waals surface area contributed by atoms with Crippen molar-refractivity contribution in [3.63, 3.8) is 0 Å². The van der Waals surface area contributed by atoms with Crippen LogP contribution in [0.4, 0.5) is 5.69 Å². The lowest BCUT2D eigenvalue weighted by Gasteiger charge is -2.16. The molecule has 0 unspecified atom stereocenters. The van der Waals surface area contributed by atoms with Crippen molar-refractivity contribution in [3.8, 4) is 0 Å². The molecule has 3 amide bonds. The Balaban J connectivity index is 1.73. The Morgan fingerprint density at radius 3 is 2.56 bits per heavy atom. The van der Waals surface area contributed by atoms with Gasteiger partial charge in [-0.2, -0.15) is 0 Å². The summed E-state index contributed by atoms with van der Waals surface area (Å²) in [6.07, 6.45) is 2.43. The summed E-state index contributed by atoms with van der Waals surface area (Å²) in [7, 11) is 0. The van der Waals surface area contributed by atoms with E-state index in [1.807, 2.05) is 13.0 Å². The summed E-state index contributed by atoms with van der Waals surface area (Å²) in [4.78, 5) is 37.0. The predicted molar refractivity (Wildman–Crippen MR) is 104 cm³/mol. The van der Waals surface area contributed by atoms with Crippen LogP contribution in [0.5, 0.6) is 0 Å². The summed E-state index contributed by atoms with van der Waals surface area (Å²) < 4.78 is 0. The Bertz CT molecular complexity index is 849. The second-order valence-electron chi connectivity index (χ2n) is 6.66. The van der Waals surface area contributed by atoms with Crippen LogP contribution in [0.25, 0.3) is 0 Å². The topological polar surface area (TPSA) is 87.3 Å². The molecule has 1 atom stereocenters. The van der Waals surface area contributed by atoms with Crippen molar-refractivity contribution in [2.75, 3.05) is 11.9 Å². The number of rotatable bonds is 4. The molecule has 2 aromatic rings. The fourth-order valence-corrected chi connectivity index (χ4v) is 3.00. The molecule has 140 valence electrons. The first-order valence-electron chi connectivity index (χ1n) is 9.10. The molecule has 3 N–H and O–H groups in total. The van der Waals surface area contributed by atoms with Crippen molar-refractivity contribution in [3.05, 3.63) is 65.2 Å². The van der Waals surface area contributed by atoms with Crippen molar-refractivity contribution >= 4 is 23.4 Å². The summed E-state index contributed by atoms with van der Waals surface area (Å²) in [5, 5.41) is 8.44. The van der Waals surface area contributed by atoms with Crippen LogP contribution in [0.1, 0.15) is 45.5 Å². The number of hydrogen-bond acceptors (Lipinski definition) is 3. The Labute approximate surface area is 158 Å². The number of aryl methyl sites for hydroxylation is 1. The third-order valence-electron chi connectivity index (χ3n) is 4.62. The molecular weight excluding hydrogens is 342 g/mol. The van der Waals surface area contributed by atoms with Crippen LogP contribution < -0.4 is 16.0 Å². The highest BCUT2D eigenvalue weighted by Gasteiger charge is 2.23. The standard InChI is InChI=1S/C21H23N3O3/c1-14-10-11-16(20(26)23-17-9-5-6-12-22-21(17)27)13-18(14)24-19(25)15-7-3-2-4-8-15/h2-4,7-8,10-11,13,17H,5-6,9,12H2,1H3,(H,22,27)(H,23,26)(H,24,25)/t17-/m0/s1. The fraction of sp³-hybridized carbons (Fsp3) is 0.286. The van der Waals surface area contributed by atoms with Gasteiger partial charge < -0.3 is 16.0 Å². The molecule has 0 spiro atoms. The maximum atomic E-state index is 12.6. The molecule has 2 aromatic carbocycles. The number of nitrogens with one attached hydrogen (secondary N) is 3. The number of anilines is 1. The first-order valence-corrected chi connectivity index (χ1v) is 9.10. The minimum absolute atomic E-state index is 0.148. The van der Waals surface area contributed by atoms with Gasteiger partial charge in [0, 0.05) is 23.4 Å². The van der Waals surface area contributed by atoms with E-state index < -0.39 is 6.04 Å². The molecule has 0 saturated carbocycles. The van der Waals surface area contributed by atoms with Gasteiger partial charge in [0.2, 0.25) is 5.91 Å². The van der Waals surface area contributed by atoms with Gasteiger partial charge in [0.15, 0.2) is 0 Å². The van der Waals surface area contributed by atoms with E-state index in [0.29, 0.717) is 29.8 Å². The summed E-state index contributed by atoms with van der Waals surface area (Å²) in [5.41, 5.74) is 2.37. The van der Waals surface area contributed by atoms with Crippen LogP contribution in [0.15, 0.2) is 48.5 Å². The molecule has 0 bridgehead atoms. The lowest BCUT2D eigenvalue weighted by atomic mass is 10.1. The second kappa shape index (κ2) is 8.49. The average Bonchev–Trinajstić information content (AvgIpc) is 2.88. The molecule has 6 heteroatoms. The van der Waals surface area contributed by atoms with Gasteiger partial charge in [-0.05, 0) is 56.0 Å². The van der Waals surface area contributed by atoms with Crippen LogP contribution in [0.3, 0.4) is 0 Å². The Morgan fingerprint density at radius 2 is 1.78 bits per heavy atom. The normalized spacial score (nSPS) is 16.8. The Morgan fingerprint density at radius 1 is 1.00 bits per heavy atom. The Hall–Kier alpha value is -3.15. The van der Waals surface area contributed by atoms with Gasteiger partial charge >= 0.3 is 0 Å². The summed E-state index contributed by atoms with van der Waals surface area (Å²) in [6, 6.07) is 13.5. The van der Waals surface area contributed by atoms with Gasteiger partial charge in [-0.3, -0.25) is 14.4 Å². The zero-order valence-corrected chi connectivity index (χ0v) is 15.2. The van der Waals surface area contributed by atoms with Gasteiger partial charge in [-0.1, -0.05) is 24.3 Å². The number of amides is 3. The molecule has 1 aliphatic heterocycles. The zero-order valence-electron chi connectivity index (χ0n) is 15.2. The van der Waals surface area contributed by atoms with Crippen LogP contribution in [-0.2, 0) is 4.79 Å². The number of hydrogen-bond donors (Lipinski definition) is 3. The molecule has 1 fully saturated rings. The molecule has 1 saturated heterocycles. The lowest BCUT2D eigenvalue weighted by Crippen LogP contribution is -2.45. The SMILES string of the molecule is Cc1ccc(C(=O)N[C@H]2CCCCNC2=O)cc1NC(=O)c1ccccc1. The quantitative estimate of drug-likeness (QED) is 0.778. The smallest absolute Gasteiger partial charge is 0.255 e. The average molecular weight is 365 g/mol. The van der Waals surface area contributed by atoms with E-state index in [1.165, 1.54) is 0 Å². The van der Waals surface area contributed by atoms with Gasteiger partial charge in [-0.25, -0.2) is 0 Å². The van der Waals surface area contributed by atoms with E-state index in [4.69, 9.17) is 0 Å². The minimum Gasteiger partial charge on any atom is -0.354 e. The van der Waals surface area contributed by atoms with E-state index >= 15 is 0 Å². The van der Waals surface area contributed by atoms with Crippen LogP contribution in [0, 0.1) is 6.92 Å². The third kappa shape index (κ3) is 4.73. The molecule has 3 rings (SSSR count). The third-order valence-corrected chi connectivity index (χ3v) is 4.62. The molecular formula is C21H23N3O3. The lowest BCUT2D eigenvalue weighted by molar-refractivity contribution is -0.122. The highest BCUT2D eigenvalue weighted by molar-refractivity contribution is 6.05. The molecule has 0 aliphatic carbocycles. The summed E-state index contributed by atoms with van der Waals surface area (Å²) in [5.74, 6) is -0.711. The minimum atomic E-state index is -0.524. The van der Waals surface area contributed by atoms with Crippen LogP contribution in [-0.4, -0.2) is 30.3 Å². The maximum absolute atomic E-state index is 12.6. The molecule has 1 heterocycles. The second-order valence-corrected chi connectivity index (χ2v) is 6.66. The van der Waals surface area contributed by atoms with Gasteiger partial charge in [0.1, 0.15) is 6.04 Å². The molecule has 0 aromatic heterocycles. The van der Waals surface area contributed by atoms with E-state index in [-0.39, 0.29) is 17.7 Å². The van der Waals surface area contributed by atoms with Crippen LogP contribution in [0.2, 0.25) is 0 Å². The van der Waals surface area contributed by atoms with Crippen molar-refractivity contribution < 1.29 is 14.4 Å². The van der Waals surface area contributed by atoms with Gasteiger partial charge in [0.05, 0.1) is 0 Å². The first kappa shape index (κ1) is 18.6. The highest BCUT2D eigenvalue weighted by Crippen LogP contribution is 2.18. The monoisotopic (exact) mass is 365 g/mol.